The Labute approximate surface area is 351 Å². The van der Waals surface area contributed by atoms with Crippen LogP contribution in [0.5, 0.6) is 0 Å². The normalized spacial score (nSPS) is 16.0. The van der Waals surface area contributed by atoms with Crippen LogP contribution < -0.4 is 27.4 Å². The first kappa shape index (κ1) is 53.1. The van der Waals surface area contributed by atoms with Gasteiger partial charge in [0.2, 0.25) is 24.0 Å². The lowest BCUT2D eigenvalue weighted by molar-refractivity contribution is -0.147. The zero-order valence-corrected chi connectivity index (χ0v) is 37.9. The predicted molar refractivity (Wildman–Crippen MR) is 226 cm³/mol. The minimum absolute atomic E-state index is 0.0540. The Kier molecular flexibility index (Phi) is 20.8. The average molecular weight is 834 g/mol. The van der Waals surface area contributed by atoms with Crippen molar-refractivity contribution >= 4 is 36.0 Å². The number of benzene rings is 1. The SMILES string of the molecule is C[C@@H](OC(C)(C)C)[C@H](NC(=O)[C@@H](N)CCCCN)C(=O)N[C@@H](Cc1ccccc1)C(=O)N[C@H](C(=O)N(C(=O)OC(C)(C)C)[C@H]([C]=O)COC(C)(C)C)[C@@H](C)OC(C)(C)C. The number of nitrogens with zero attached hydrogens (tertiary/aromatic N) is 1. The van der Waals surface area contributed by atoms with Gasteiger partial charge in [0.1, 0.15) is 29.8 Å². The van der Waals surface area contributed by atoms with E-state index in [1.807, 2.05) is 0 Å². The number of amides is 5. The number of carbonyl (C=O) groups excluding carboxylic acids is 6. The number of nitrogens with two attached hydrogens (primary N) is 2. The van der Waals surface area contributed by atoms with Crippen LogP contribution in [-0.4, -0.2) is 119 Å². The van der Waals surface area contributed by atoms with Gasteiger partial charge in [-0.1, -0.05) is 36.8 Å². The number of carbonyl (C=O) groups is 5. The van der Waals surface area contributed by atoms with Crippen molar-refractivity contribution in [2.45, 2.75) is 187 Å². The number of hydrogen-bond donors (Lipinski definition) is 5. The van der Waals surface area contributed by atoms with Gasteiger partial charge in [0, 0.05) is 6.42 Å². The summed E-state index contributed by atoms with van der Waals surface area (Å²) in [5.74, 6) is -3.22. The van der Waals surface area contributed by atoms with Gasteiger partial charge in [0.15, 0.2) is 0 Å². The molecule has 0 aromatic heterocycles. The van der Waals surface area contributed by atoms with Gasteiger partial charge in [-0.25, -0.2) is 9.69 Å². The third-order valence-electron chi connectivity index (χ3n) is 8.33. The van der Waals surface area contributed by atoms with Crippen LogP contribution in [0.15, 0.2) is 30.3 Å². The molecular formula is C43H73N6O10. The van der Waals surface area contributed by atoms with Crippen molar-refractivity contribution in [3.63, 3.8) is 0 Å². The zero-order valence-electron chi connectivity index (χ0n) is 37.9. The number of imide groups is 1. The smallest absolute Gasteiger partial charge is 0.417 e. The molecule has 16 heteroatoms. The van der Waals surface area contributed by atoms with Gasteiger partial charge in [-0.2, -0.15) is 0 Å². The van der Waals surface area contributed by atoms with E-state index in [2.05, 4.69) is 16.0 Å². The fraction of sp³-hybridized carbons (Fsp3) is 0.721. The van der Waals surface area contributed by atoms with Gasteiger partial charge in [0.05, 0.1) is 41.7 Å². The third kappa shape index (κ3) is 20.7. The largest absolute Gasteiger partial charge is 0.443 e. The van der Waals surface area contributed by atoms with Gasteiger partial charge < -0.3 is 46.4 Å². The van der Waals surface area contributed by atoms with Crippen molar-refractivity contribution in [2.24, 2.45) is 11.5 Å². The highest BCUT2D eigenvalue weighted by atomic mass is 16.6. The van der Waals surface area contributed by atoms with Gasteiger partial charge in [-0.3, -0.25) is 24.0 Å². The molecule has 0 aliphatic carbocycles. The molecule has 0 saturated carbocycles. The van der Waals surface area contributed by atoms with E-state index in [9.17, 15) is 28.8 Å². The first-order chi connectivity index (χ1) is 27.0. The molecule has 0 saturated heterocycles. The molecule has 1 rings (SSSR count). The molecule has 16 nitrogen and oxygen atoms in total. The molecular weight excluding hydrogens is 761 g/mol. The molecule has 0 aliphatic heterocycles. The number of ether oxygens (including phenoxy) is 4. The van der Waals surface area contributed by atoms with Gasteiger partial charge >= 0.3 is 6.09 Å². The second-order valence-electron chi connectivity index (χ2n) is 18.7. The highest BCUT2D eigenvalue weighted by Gasteiger charge is 2.43. The summed E-state index contributed by atoms with van der Waals surface area (Å²) in [6, 6.07) is 2.06. The van der Waals surface area contributed by atoms with Crippen LogP contribution in [0.1, 0.15) is 122 Å². The van der Waals surface area contributed by atoms with Gasteiger partial charge in [-0.05, 0) is 122 Å². The van der Waals surface area contributed by atoms with Crippen molar-refractivity contribution in [3.8, 4) is 0 Å². The van der Waals surface area contributed by atoms with E-state index < -0.39 is 101 Å². The standard InChI is InChI=1S/C43H73N6O10/c1-27(57-41(6,7)8)33(47-35(51)31(45)22-18-19-23-44)37(53)46-32(24-29-20-16-15-17-21-29)36(52)48-34(28(2)58-42(9,10)11)38(54)49(39(55)59-43(12,13)14)30(25-50)26-56-40(3,4)5/h15-17,20-21,27-28,30-34H,18-19,22-24,26,44-45H2,1-14H3,(H,46,53)(H,47,51)(H,48,52)/t27-,28-,30-,31+,32+,33+,34+/m1/s1. The van der Waals surface area contributed by atoms with Crippen molar-refractivity contribution in [3.05, 3.63) is 35.9 Å². The van der Waals surface area contributed by atoms with Crippen LogP contribution in [0, 0.1) is 0 Å². The summed E-state index contributed by atoms with van der Waals surface area (Å²) in [6.07, 6.45) is 0.124. The lowest BCUT2D eigenvalue weighted by Gasteiger charge is -2.36. The first-order valence-corrected chi connectivity index (χ1v) is 20.3. The molecule has 0 aliphatic rings. The van der Waals surface area contributed by atoms with Gasteiger partial charge in [-0.15, -0.1) is 0 Å². The molecule has 7 atom stereocenters. The molecule has 1 radical (unpaired) electrons. The van der Waals surface area contributed by atoms with E-state index in [-0.39, 0.29) is 6.42 Å². The Morgan fingerprint density at radius 1 is 0.712 bits per heavy atom. The van der Waals surface area contributed by atoms with Crippen molar-refractivity contribution in [2.75, 3.05) is 13.2 Å². The molecule has 5 amide bonds. The summed E-state index contributed by atoms with van der Waals surface area (Å²) in [6.45, 7) is 23.8. The fourth-order valence-electron chi connectivity index (χ4n) is 5.82. The third-order valence-corrected chi connectivity index (χ3v) is 8.33. The fourth-order valence-corrected chi connectivity index (χ4v) is 5.82. The lowest BCUT2D eigenvalue weighted by Crippen LogP contribution is -2.64. The maximum absolute atomic E-state index is 14.7. The molecule has 59 heavy (non-hydrogen) atoms. The van der Waals surface area contributed by atoms with Crippen LogP contribution in [0.2, 0.25) is 0 Å². The van der Waals surface area contributed by atoms with Crippen molar-refractivity contribution < 1.29 is 47.7 Å². The number of unbranched alkanes of at least 4 members (excludes halogenated alkanes) is 1. The first-order valence-electron chi connectivity index (χ1n) is 20.3. The summed E-state index contributed by atoms with van der Waals surface area (Å²) in [5.41, 5.74) is 9.04. The zero-order chi connectivity index (χ0) is 45.5. The summed E-state index contributed by atoms with van der Waals surface area (Å²) in [7, 11) is 0. The molecule has 1 aromatic carbocycles. The van der Waals surface area contributed by atoms with E-state index in [1.165, 1.54) is 6.92 Å². The summed E-state index contributed by atoms with van der Waals surface area (Å²) >= 11 is 0. The van der Waals surface area contributed by atoms with Crippen LogP contribution in [-0.2, 0) is 49.3 Å². The highest BCUT2D eigenvalue weighted by molar-refractivity contribution is 6.01. The number of hydrogen-bond acceptors (Lipinski definition) is 12. The predicted octanol–water partition coefficient (Wildman–Crippen LogP) is 3.60. The summed E-state index contributed by atoms with van der Waals surface area (Å²) < 4.78 is 23.6. The van der Waals surface area contributed by atoms with E-state index in [4.69, 9.17) is 30.4 Å². The van der Waals surface area contributed by atoms with E-state index in [0.717, 1.165) is 0 Å². The minimum atomic E-state index is -1.61. The van der Waals surface area contributed by atoms with E-state index in [0.29, 0.717) is 36.3 Å². The van der Waals surface area contributed by atoms with Crippen LogP contribution in [0.25, 0.3) is 0 Å². The second-order valence-corrected chi connectivity index (χ2v) is 18.7. The lowest BCUT2D eigenvalue weighted by atomic mass is 10.0. The number of nitrogens with one attached hydrogen (secondary N) is 3. The second kappa shape index (κ2) is 23.1. The monoisotopic (exact) mass is 834 g/mol. The molecule has 0 unspecified atom stereocenters. The van der Waals surface area contributed by atoms with E-state index >= 15 is 0 Å². The molecule has 0 spiro atoms. The Bertz CT molecular complexity index is 1510. The van der Waals surface area contributed by atoms with Crippen LogP contribution in [0.4, 0.5) is 4.79 Å². The molecule has 335 valence electrons. The Morgan fingerprint density at radius 3 is 1.71 bits per heavy atom. The van der Waals surface area contributed by atoms with Crippen LogP contribution >= 0.6 is 0 Å². The Balaban J connectivity index is 3.81. The van der Waals surface area contributed by atoms with E-state index in [1.54, 1.807) is 127 Å². The molecule has 0 fully saturated rings. The molecule has 0 heterocycles. The Hall–Kier alpha value is -3.96. The maximum Gasteiger partial charge on any atom is 0.417 e. The molecule has 0 bridgehead atoms. The minimum Gasteiger partial charge on any atom is -0.443 e. The maximum atomic E-state index is 14.7. The highest BCUT2D eigenvalue weighted by Crippen LogP contribution is 2.20. The number of rotatable bonds is 21. The average Bonchev–Trinajstić information content (AvgIpc) is 3.08. The summed E-state index contributed by atoms with van der Waals surface area (Å²) in [4.78, 5) is 83.7. The summed E-state index contributed by atoms with van der Waals surface area (Å²) in [5, 5.41) is 8.20. The van der Waals surface area contributed by atoms with Gasteiger partial charge in [0.25, 0.3) is 5.91 Å². The molecule has 7 N–H and O–H groups in total. The Morgan fingerprint density at radius 2 is 1.24 bits per heavy atom. The topological polar surface area (TPSA) is 231 Å². The molecule has 1 aromatic rings. The van der Waals surface area contributed by atoms with Crippen molar-refractivity contribution in [1.29, 1.82) is 0 Å². The van der Waals surface area contributed by atoms with Crippen LogP contribution in [0.3, 0.4) is 0 Å². The van der Waals surface area contributed by atoms with Crippen molar-refractivity contribution in [1.82, 2.24) is 20.9 Å². The quantitative estimate of drug-likeness (QED) is 0.112.